The van der Waals surface area contributed by atoms with Gasteiger partial charge in [0.1, 0.15) is 12.7 Å². The van der Waals surface area contributed by atoms with Gasteiger partial charge < -0.3 is 24.1 Å². The lowest BCUT2D eigenvalue weighted by molar-refractivity contribution is -0.0560. The molecule has 0 radical (unpaired) electrons. The summed E-state index contributed by atoms with van der Waals surface area (Å²) in [5.74, 6) is -2.24. The zero-order valence-electron chi connectivity index (χ0n) is 26.0. The Bertz CT molecular complexity index is 1590. The van der Waals surface area contributed by atoms with Crippen LogP contribution in [0.5, 0.6) is 0 Å². The van der Waals surface area contributed by atoms with Gasteiger partial charge in [-0.15, -0.1) is 0 Å². The van der Waals surface area contributed by atoms with Gasteiger partial charge >= 0.3 is 11.9 Å². The van der Waals surface area contributed by atoms with Crippen LogP contribution in [0.1, 0.15) is 40.5 Å². The summed E-state index contributed by atoms with van der Waals surface area (Å²) in [7, 11) is -2.33. The number of esters is 2. The summed E-state index contributed by atoms with van der Waals surface area (Å²) in [5.41, 5.74) is 1.64. The Morgan fingerprint density at radius 3 is 1.93 bits per heavy atom. The fourth-order valence-electron chi connectivity index (χ4n) is 5.49. The number of methoxy groups -OCH3 is 1. The minimum absolute atomic E-state index is 0.0229. The fraction of sp³-hybridized carbons (Fsp3) is 0.333. The van der Waals surface area contributed by atoms with Crippen molar-refractivity contribution in [2.75, 3.05) is 19.5 Å². The van der Waals surface area contributed by atoms with Crippen molar-refractivity contribution >= 4 is 21.8 Å². The molecule has 1 N–H and O–H groups in total. The second-order valence-electron chi connectivity index (χ2n) is 11.3. The van der Waals surface area contributed by atoms with Crippen molar-refractivity contribution in [3.05, 3.63) is 126 Å². The van der Waals surface area contributed by atoms with Crippen LogP contribution in [0.15, 0.2) is 120 Å². The largest absolute Gasteiger partial charge is 0.458 e. The third-order valence-electron chi connectivity index (χ3n) is 8.00. The SMILES string of the molecule is C=C(C)C(=C)[C@H](O)C[C@@H]1O[C@H](C[C@@H](COC(=O)c2ccccc2)OC(=O)c2ccccc2)[C@H](OC)[C@H]1CS(=O)(=O)c1ccccc1. The van der Waals surface area contributed by atoms with Gasteiger partial charge in [0.25, 0.3) is 0 Å². The topological polar surface area (TPSA) is 125 Å². The summed E-state index contributed by atoms with van der Waals surface area (Å²) in [6, 6.07) is 24.9. The van der Waals surface area contributed by atoms with E-state index in [0.29, 0.717) is 22.3 Å². The van der Waals surface area contributed by atoms with Crippen LogP contribution in [0.25, 0.3) is 0 Å². The highest BCUT2D eigenvalue weighted by Crippen LogP contribution is 2.37. The van der Waals surface area contributed by atoms with E-state index >= 15 is 0 Å². The van der Waals surface area contributed by atoms with Crippen LogP contribution >= 0.6 is 0 Å². The van der Waals surface area contributed by atoms with E-state index in [1.54, 1.807) is 85.8 Å². The van der Waals surface area contributed by atoms with Crippen molar-refractivity contribution in [1.82, 2.24) is 0 Å². The second-order valence-corrected chi connectivity index (χ2v) is 13.4. The molecule has 9 nitrogen and oxygen atoms in total. The Hall–Kier alpha value is -4.09. The van der Waals surface area contributed by atoms with Gasteiger partial charge in [-0.05, 0) is 48.9 Å². The lowest BCUT2D eigenvalue weighted by Crippen LogP contribution is -2.38. The third kappa shape index (κ3) is 9.01. The van der Waals surface area contributed by atoms with Gasteiger partial charge in [-0.3, -0.25) is 0 Å². The van der Waals surface area contributed by atoms with E-state index in [1.165, 1.54) is 19.2 Å². The predicted molar refractivity (Wildman–Crippen MR) is 173 cm³/mol. The standard InChI is InChI=1S/C36H40O9S/c1-24(2)25(3)31(37)21-32-30(23-46(40,41)29-18-12-7-13-19-29)34(42-4)33(45-32)20-28(44-36(39)27-16-10-6-11-17-27)22-43-35(38)26-14-8-5-9-15-26/h5-19,28,30-34,37H,1,3,20-23H2,2,4H3/t28-,30-,31+,32-,33+,34+/m0/s1. The maximum atomic E-state index is 13.5. The van der Waals surface area contributed by atoms with Gasteiger partial charge in [-0.2, -0.15) is 0 Å². The molecule has 0 saturated carbocycles. The van der Waals surface area contributed by atoms with Crippen LogP contribution in [0.4, 0.5) is 0 Å². The lowest BCUT2D eigenvalue weighted by atomic mass is 9.90. The van der Waals surface area contributed by atoms with Gasteiger partial charge in [0, 0.05) is 25.9 Å². The molecule has 0 spiro atoms. The summed E-state index contributed by atoms with van der Waals surface area (Å²) in [6.45, 7) is 9.21. The first kappa shape index (κ1) is 34.8. The smallest absolute Gasteiger partial charge is 0.338 e. The summed E-state index contributed by atoms with van der Waals surface area (Å²) in [5, 5.41) is 10.9. The fourth-order valence-corrected chi connectivity index (χ4v) is 7.17. The summed E-state index contributed by atoms with van der Waals surface area (Å²) >= 11 is 0. The predicted octanol–water partition coefficient (Wildman–Crippen LogP) is 5.21. The molecular formula is C36H40O9S. The summed E-state index contributed by atoms with van der Waals surface area (Å²) in [4.78, 5) is 26.0. The van der Waals surface area contributed by atoms with Crippen LogP contribution in [0.2, 0.25) is 0 Å². The number of carbonyl (C=O) groups is 2. The molecule has 1 fully saturated rings. The molecule has 0 amide bonds. The molecule has 4 rings (SSSR count). The number of hydrogen-bond acceptors (Lipinski definition) is 9. The molecule has 6 atom stereocenters. The van der Waals surface area contributed by atoms with Crippen molar-refractivity contribution in [1.29, 1.82) is 0 Å². The van der Waals surface area contributed by atoms with E-state index in [4.69, 9.17) is 18.9 Å². The van der Waals surface area contributed by atoms with Gasteiger partial charge in [0.2, 0.25) is 0 Å². The Balaban J connectivity index is 1.60. The van der Waals surface area contributed by atoms with Crippen molar-refractivity contribution in [2.45, 2.75) is 55.2 Å². The van der Waals surface area contributed by atoms with Crippen LogP contribution in [0, 0.1) is 5.92 Å². The zero-order chi connectivity index (χ0) is 33.3. The number of carbonyl (C=O) groups excluding carboxylic acids is 2. The number of aliphatic hydroxyl groups is 1. The number of rotatable bonds is 15. The lowest BCUT2D eigenvalue weighted by Gasteiger charge is -2.26. The molecule has 0 aliphatic carbocycles. The molecule has 10 heteroatoms. The first-order valence-corrected chi connectivity index (χ1v) is 16.6. The minimum atomic E-state index is -3.79. The first-order valence-electron chi connectivity index (χ1n) is 15.0. The molecule has 244 valence electrons. The highest BCUT2D eigenvalue weighted by atomic mass is 32.2. The van der Waals surface area contributed by atoms with Crippen LogP contribution in [0.3, 0.4) is 0 Å². The molecule has 1 aliphatic rings. The van der Waals surface area contributed by atoms with E-state index in [2.05, 4.69) is 13.2 Å². The highest BCUT2D eigenvalue weighted by Gasteiger charge is 2.48. The number of aliphatic hydroxyl groups excluding tert-OH is 1. The van der Waals surface area contributed by atoms with Crippen molar-refractivity contribution < 1.29 is 42.1 Å². The van der Waals surface area contributed by atoms with Crippen molar-refractivity contribution in [2.24, 2.45) is 5.92 Å². The quantitative estimate of drug-likeness (QED) is 0.175. The molecule has 0 bridgehead atoms. The maximum Gasteiger partial charge on any atom is 0.338 e. The summed E-state index contributed by atoms with van der Waals surface area (Å²) < 4.78 is 50.7. The van der Waals surface area contributed by atoms with Gasteiger partial charge in [0.05, 0.1) is 46.2 Å². The Labute approximate surface area is 270 Å². The van der Waals surface area contributed by atoms with E-state index in [1.807, 2.05) is 0 Å². The molecule has 0 aromatic heterocycles. The van der Waals surface area contributed by atoms with E-state index in [0.717, 1.165) is 0 Å². The molecule has 1 saturated heterocycles. The molecule has 0 unspecified atom stereocenters. The molecule has 46 heavy (non-hydrogen) atoms. The average Bonchev–Trinajstić information content (AvgIpc) is 3.37. The number of sulfone groups is 1. The first-order chi connectivity index (χ1) is 22.0. The van der Waals surface area contributed by atoms with Crippen LogP contribution in [-0.4, -0.2) is 75.5 Å². The minimum Gasteiger partial charge on any atom is -0.458 e. The molecule has 1 heterocycles. The Morgan fingerprint density at radius 1 is 0.848 bits per heavy atom. The molecule has 3 aromatic rings. The van der Waals surface area contributed by atoms with Crippen molar-refractivity contribution in [3.8, 4) is 0 Å². The Morgan fingerprint density at radius 2 is 1.39 bits per heavy atom. The monoisotopic (exact) mass is 648 g/mol. The van der Waals surface area contributed by atoms with Crippen LogP contribution in [-0.2, 0) is 28.8 Å². The zero-order valence-corrected chi connectivity index (χ0v) is 26.8. The third-order valence-corrected chi connectivity index (χ3v) is 9.81. The van der Waals surface area contributed by atoms with E-state index in [-0.39, 0.29) is 30.1 Å². The normalized spacial score (nSPS) is 20.8. The van der Waals surface area contributed by atoms with Gasteiger partial charge in [0.15, 0.2) is 9.84 Å². The van der Waals surface area contributed by atoms with Gasteiger partial charge in [-0.1, -0.05) is 73.3 Å². The number of benzene rings is 3. The van der Waals surface area contributed by atoms with Crippen molar-refractivity contribution in [3.63, 3.8) is 0 Å². The second kappa shape index (κ2) is 16.0. The Kier molecular flexibility index (Phi) is 12.1. The van der Waals surface area contributed by atoms with Crippen LogP contribution < -0.4 is 0 Å². The van der Waals surface area contributed by atoms with Gasteiger partial charge in [-0.25, -0.2) is 18.0 Å². The molecular weight excluding hydrogens is 608 g/mol. The number of ether oxygens (including phenoxy) is 4. The van der Waals surface area contributed by atoms with E-state index < -0.39 is 58.2 Å². The summed E-state index contributed by atoms with van der Waals surface area (Å²) in [6.07, 6.45) is -4.26. The average molecular weight is 649 g/mol. The molecule has 1 aliphatic heterocycles. The van der Waals surface area contributed by atoms with E-state index in [9.17, 15) is 23.1 Å². The number of hydrogen-bond donors (Lipinski definition) is 1. The molecule has 3 aromatic carbocycles. The maximum absolute atomic E-state index is 13.5. The highest BCUT2D eigenvalue weighted by molar-refractivity contribution is 7.91.